The largest absolute Gasteiger partial charge is 0.372 e. The highest BCUT2D eigenvalue weighted by molar-refractivity contribution is 6.01. The summed E-state index contributed by atoms with van der Waals surface area (Å²) in [6, 6.07) is 0. The zero-order valence-electron chi connectivity index (χ0n) is 4.93. The molecule has 0 bridgehead atoms. The zero-order chi connectivity index (χ0) is 7.33. The molecule has 0 atom stereocenters. The first kappa shape index (κ1) is 9.53. The van der Waals surface area contributed by atoms with Gasteiger partial charge >= 0.3 is 0 Å². The summed E-state index contributed by atoms with van der Waals surface area (Å²) in [6.45, 7) is 1.83. The van der Waals surface area contributed by atoms with E-state index in [0.29, 0.717) is 6.42 Å². The summed E-state index contributed by atoms with van der Waals surface area (Å²) < 4.78 is 13.9. The zero-order valence-corrected chi connectivity index (χ0v) is 7.93. The predicted molar refractivity (Wildman–Crippen MR) is 33.5 cm³/mol. The van der Waals surface area contributed by atoms with Gasteiger partial charge in [0.1, 0.15) is 0 Å². The minimum atomic E-state index is -1.09. The van der Waals surface area contributed by atoms with E-state index in [1.807, 2.05) is 6.92 Å². The van der Waals surface area contributed by atoms with E-state index in [1.165, 1.54) is 0 Å². The van der Waals surface area contributed by atoms with E-state index in [1.54, 1.807) is 0 Å². The van der Waals surface area contributed by atoms with Gasteiger partial charge in [-0.05, 0) is 0 Å². The fourth-order valence-corrected chi connectivity index (χ4v) is 1.21. The first-order valence-electron chi connectivity index (χ1n) is 2.29. The molecule has 0 aromatic heterocycles. The first-order chi connectivity index (χ1) is 4.24. The predicted octanol–water partition coefficient (Wildman–Crippen LogP) is -0.650. The number of hydrogen-bond acceptors (Lipinski definition) is 3. The van der Waals surface area contributed by atoms with Crippen LogP contribution in [0.5, 0.6) is 0 Å². The molecule has 9 heavy (non-hydrogen) atoms. The van der Waals surface area contributed by atoms with Crippen LogP contribution in [0.1, 0.15) is 13.3 Å². The SMILES string of the molecule is CCC(O[Si])(O[Si])O[Si]. The minimum absolute atomic E-state index is 0.531. The maximum absolute atomic E-state index is 4.65. The van der Waals surface area contributed by atoms with Gasteiger partial charge in [0.25, 0.3) is 37.4 Å². The average Bonchev–Trinajstić information content (AvgIpc) is 1.95. The van der Waals surface area contributed by atoms with Crippen LogP contribution >= 0.6 is 0 Å². The van der Waals surface area contributed by atoms with E-state index < -0.39 is 5.97 Å². The van der Waals surface area contributed by atoms with E-state index in [4.69, 9.17) is 0 Å². The van der Waals surface area contributed by atoms with Crippen LogP contribution in [0.4, 0.5) is 0 Å². The Hall–Kier alpha value is 0.531. The molecule has 47 valence electrons. The van der Waals surface area contributed by atoms with Crippen LogP contribution in [0.15, 0.2) is 0 Å². The lowest BCUT2D eigenvalue weighted by molar-refractivity contribution is -0.250. The van der Waals surface area contributed by atoms with Crippen LogP contribution in [0, 0.1) is 0 Å². The van der Waals surface area contributed by atoms with Crippen LogP contribution in [-0.4, -0.2) is 37.4 Å². The second kappa shape index (κ2) is 4.36. The summed E-state index contributed by atoms with van der Waals surface area (Å²) in [5, 5.41) is 0. The fourth-order valence-electron chi connectivity index (χ4n) is 0.279. The van der Waals surface area contributed by atoms with Gasteiger partial charge in [-0.2, -0.15) is 0 Å². The van der Waals surface area contributed by atoms with Gasteiger partial charge in [-0.15, -0.1) is 0 Å². The van der Waals surface area contributed by atoms with Crippen LogP contribution in [-0.2, 0) is 13.3 Å². The van der Waals surface area contributed by atoms with E-state index in [0.717, 1.165) is 0 Å². The molecular weight excluding hydrogens is 168 g/mol. The van der Waals surface area contributed by atoms with E-state index in [-0.39, 0.29) is 0 Å². The van der Waals surface area contributed by atoms with Crippen molar-refractivity contribution in [2.45, 2.75) is 19.3 Å². The highest BCUT2D eigenvalue weighted by Crippen LogP contribution is 2.14. The van der Waals surface area contributed by atoms with Gasteiger partial charge in [0.05, 0.1) is 0 Å². The van der Waals surface area contributed by atoms with Crippen LogP contribution in [0.2, 0.25) is 0 Å². The summed E-state index contributed by atoms with van der Waals surface area (Å²) in [7, 11) is 8.36. The lowest BCUT2D eigenvalue weighted by atomic mass is 10.4. The molecule has 0 unspecified atom stereocenters. The lowest BCUT2D eigenvalue weighted by Crippen LogP contribution is -2.36. The summed E-state index contributed by atoms with van der Waals surface area (Å²) >= 11 is 0. The van der Waals surface area contributed by atoms with Gasteiger partial charge in [-0.3, -0.25) is 0 Å². The van der Waals surface area contributed by atoms with Crippen molar-refractivity contribution in [3.8, 4) is 0 Å². The molecule has 3 nitrogen and oxygen atoms in total. The van der Waals surface area contributed by atoms with Gasteiger partial charge in [0, 0.05) is 6.42 Å². The highest BCUT2D eigenvalue weighted by Gasteiger charge is 2.24. The Kier molecular flexibility index (Phi) is 4.62. The molecule has 0 fully saturated rings. The fraction of sp³-hybridized carbons (Fsp3) is 1.00. The average molecular weight is 173 g/mol. The first-order valence-corrected chi connectivity index (χ1v) is 3.51. The molecule has 0 rings (SSSR count). The third-order valence-corrected chi connectivity index (χ3v) is 1.83. The molecule has 0 saturated heterocycles. The van der Waals surface area contributed by atoms with E-state index >= 15 is 0 Å². The van der Waals surface area contributed by atoms with Crippen molar-refractivity contribution in [2.24, 2.45) is 0 Å². The highest BCUT2D eigenvalue weighted by atomic mass is 28.2. The molecule has 0 heterocycles. The second-order valence-electron chi connectivity index (χ2n) is 1.34. The Balaban J connectivity index is 3.82. The molecule has 0 N–H and O–H groups in total. The topological polar surface area (TPSA) is 27.7 Å². The van der Waals surface area contributed by atoms with Crippen molar-refractivity contribution < 1.29 is 13.3 Å². The maximum atomic E-state index is 4.65. The minimum Gasteiger partial charge on any atom is -0.372 e. The summed E-state index contributed by atoms with van der Waals surface area (Å²) in [6.07, 6.45) is 0.531. The molecule has 6 heteroatoms. The molecule has 0 spiro atoms. The standard InChI is InChI=1S/C3H5O3Si3/c1-2-3(4-7,5-8)6-9/h2H2,1H3. The van der Waals surface area contributed by atoms with Crippen molar-refractivity contribution in [1.29, 1.82) is 0 Å². The molecule has 0 amide bonds. The summed E-state index contributed by atoms with van der Waals surface area (Å²) in [5.41, 5.74) is 0. The molecule has 0 aliphatic rings. The molecule has 0 aliphatic heterocycles. The molecule has 0 aromatic carbocycles. The molecule has 0 aliphatic carbocycles. The molecular formula is C3H5O3Si3. The van der Waals surface area contributed by atoms with Crippen molar-refractivity contribution in [2.75, 3.05) is 0 Å². The molecule has 9 radical (unpaired) electrons. The van der Waals surface area contributed by atoms with Gasteiger partial charge in [-0.25, -0.2) is 0 Å². The quantitative estimate of drug-likeness (QED) is 0.418. The Morgan fingerprint density at radius 3 is 1.44 bits per heavy atom. The van der Waals surface area contributed by atoms with E-state index in [9.17, 15) is 0 Å². The smallest absolute Gasteiger partial charge is 0.253 e. The number of rotatable bonds is 4. The third-order valence-electron chi connectivity index (χ3n) is 0.900. The van der Waals surface area contributed by atoms with Gasteiger partial charge in [-0.1, -0.05) is 6.92 Å². The normalized spacial score (nSPS) is 12.0. The maximum Gasteiger partial charge on any atom is 0.253 e. The monoisotopic (exact) mass is 173 g/mol. The van der Waals surface area contributed by atoms with Crippen LogP contribution < -0.4 is 0 Å². The Bertz CT molecular complexity index is 57.2. The Morgan fingerprint density at radius 1 is 1.11 bits per heavy atom. The molecule has 0 aromatic rings. The Morgan fingerprint density at radius 2 is 1.44 bits per heavy atom. The van der Waals surface area contributed by atoms with Crippen LogP contribution in [0.3, 0.4) is 0 Å². The molecule has 0 saturated carbocycles. The van der Waals surface area contributed by atoms with Gasteiger partial charge in [0.2, 0.25) is 0 Å². The Labute approximate surface area is 64.7 Å². The van der Waals surface area contributed by atoms with Gasteiger partial charge < -0.3 is 13.3 Å². The van der Waals surface area contributed by atoms with Gasteiger partial charge in [0.15, 0.2) is 0 Å². The third kappa shape index (κ3) is 2.32. The van der Waals surface area contributed by atoms with Crippen LogP contribution in [0.25, 0.3) is 0 Å². The van der Waals surface area contributed by atoms with Crippen molar-refractivity contribution >= 4 is 31.5 Å². The number of hydrogen-bond donors (Lipinski definition) is 0. The van der Waals surface area contributed by atoms with E-state index in [2.05, 4.69) is 44.7 Å². The summed E-state index contributed by atoms with van der Waals surface area (Å²) in [5.74, 6) is -1.09. The van der Waals surface area contributed by atoms with Crippen molar-refractivity contribution in [3.63, 3.8) is 0 Å². The van der Waals surface area contributed by atoms with Crippen molar-refractivity contribution in [3.05, 3.63) is 0 Å². The van der Waals surface area contributed by atoms with Crippen molar-refractivity contribution in [1.82, 2.24) is 0 Å². The summed E-state index contributed by atoms with van der Waals surface area (Å²) in [4.78, 5) is 0. The lowest BCUT2D eigenvalue weighted by Gasteiger charge is -2.28. The second-order valence-corrected chi connectivity index (χ2v) is 1.96.